The van der Waals surface area contributed by atoms with Crippen LogP contribution in [0, 0.1) is 0 Å². The number of ether oxygens (including phenoxy) is 1. The van der Waals surface area contributed by atoms with E-state index < -0.39 is 17.1 Å². The Bertz CT molecular complexity index is 896. The summed E-state index contributed by atoms with van der Waals surface area (Å²) in [6.07, 6.45) is 0.828. The number of anilines is 1. The number of carboxylic acid groups (broad SMARTS) is 1. The molecule has 8 heteroatoms. The van der Waals surface area contributed by atoms with E-state index in [0.717, 1.165) is 12.1 Å². The van der Waals surface area contributed by atoms with Gasteiger partial charge < -0.3 is 19.2 Å². The number of amides is 1. The van der Waals surface area contributed by atoms with E-state index in [0.29, 0.717) is 25.2 Å². The molecule has 1 N–H and O–H groups in total. The molecule has 0 unspecified atom stereocenters. The average molecular weight is 401 g/mol. The van der Waals surface area contributed by atoms with Crippen LogP contribution in [0.3, 0.4) is 0 Å². The molecular formula is C21H27N3O5. The molecule has 0 aliphatic carbocycles. The first kappa shape index (κ1) is 20.7. The lowest BCUT2D eigenvalue weighted by Crippen LogP contribution is -2.61. The van der Waals surface area contributed by atoms with Crippen molar-refractivity contribution in [2.24, 2.45) is 0 Å². The van der Waals surface area contributed by atoms with Crippen molar-refractivity contribution in [3.63, 3.8) is 0 Å². The minimum Gasteiger partial charge on any atom is -0.476 e. The van der Waals surface area contributed by atoms with Crippen molar-refractivity contribution in [2.45, 2.75) is 45.8 Å². The van der Waals surface area contributed by atoms with Gasteiger partial charge in [0.1, 0.15) is 5.60 Å². The number of benzene rings is 1. The van der Waals surface area contributed by atoms with Gasteiger partial charge in [-0.25, -0.2) is 14.6 Å². The van der Waals surface area contributed by atoms with E-state index in [9.17, 15) is 14.7 Å². The summed E-state index contributed by atoms with van der Waals surface area (Å²) in [4.78, 5) is 31.5. The van der Waals surface area contributed by atoms with Crippen LogP contribution in [0.15, 0.2) is 35.1 Å². The molecule has 29 heavy (non-hydrogen) atoms. The second-order valence-electron chi connectivity index (χ2n) is 8.75. The maximum absolute atomic E-state index is 12.6. The molecule has 0 atom stereocenters. The number of hydrogen-bond acceptors (Lipinski definition) is 6. The van der Waals surface area contributed by atoms with Gasteiger partial charge >= 0.3 is 12.1 Å². The van der Waals surface area contributed by atoms with Crippen molar-refractivity contribution >= 4 is 17.7 Å². The number of hydrogen-bond donors (Lipinski definition) is 1. The Hall–Kier alpha value is -3.03. The first-order valence-electron chi connectivity index (χ1n) is 9.51. The fourth-order valence-corrected chi connectivity index (χ4v) is 3.46. The zero-order valence-corrected chi connectivity index (χ0v) is 17.4. The summed E-state index contributed by atoms with van der Waals surface area (Å²) in [5.41, 5.74) is 0.596. The molecule has 2 heterocycles. The third-order valence-corrected chi connectivity index (χ3v) is 4.78. The van der Waals surface area contributed by atoms with Crippen molar-refractivity contribution in [1.29, 1.82) is 0 Å². The molecule has 2 aromatic rings. The maximum Gasteiger partial charge on any atom is 0.410 e. The number of carboxylic acids is 1. The lowest BCUT2D eigenvalue weighted by atomic mass is 9.98. The Morgan fingerprint density at radius 3 is 2.38 bits per heavy atom. The van der Waals surface area contributed by atoms with Crippen LogP contribution in [0.25, 0.3) is 11.3 Å². The fourth-order valence-electron chi connectivity index (χ4n) is 3.46. The summed E-state index contributed by atoms with van der Waals surface area (Å²) in [6.45, 7) is 11.5. The molecule has 1 aliphatic heterocycles. The molecular weight excluding hydrogens is 374 g/mol. The Balaban J connectivity index is 1.74. The molecule has 1 saturated heterocycles. The van der Waals surface area contributed by atoms with E-state index in [1.165, 1.54) is 0 Å². The van der Waals surface area contributed by atoms with E-state index in [1.54, 1.807) is 4.90 Å². The van der Waals surface area contributed by atoms with Gasteiger partial charge in [-0.2, -0.15) is 0 Å². The second-order valence-corrected chi connectivity index (χ2v) is 8.75. The van der Waals surface area contributed by atoms with E-state index in [2.05, 4.69) is 9.88 Å². The lowest BCUT2D eigenvalue weighted by Gasteiger charge is -2.47. The highest BCUT2D eigenvalue weighted by atomic mass is 16.6. The van der Waals surface area contributed by atoms with Crippen LogP contribution < -0.4 is 4.90 Å². The maximum atomic E-state index is 12.6. The summed E-state index contributed by atoms with van der Waals surface area (Å²) >= 11 is 0. The molecule has 3 rings (SSSR count). The molecule has 8 nitrogen and oxygen atoms in total. The van der Waals surface area contributed by atoms with Crippen molar-refractivity contribution in [1.82, 2.24) is 9.88 Å². The highest BCUT2D eigenvalue weighted by Gasteiger charge is 2.39. The smallest absolute Gasteiger partial charge is 0.410 e. The molecule has 1 aliphatic rings. The highest BCUT2D eigenvalue weighted by Crippen LogP contribution is 2.30. The van der Waals surface area contributed by atoms with E-state index in [1.807, 2.05) is 58.9 Å². The standard InChI is InChI=1S/C21H27N3O5/c1-20(2,3)29-19(27)24-11-10-23(12-21(24,4)5)15-8-6-14(7-9-15)17-16(18(25)26)22-13-28-17/h6-9,13H,10-12H2,1-5H3,(H,25,26). The van der Waals surface area contributed by atoms with Gasteiger partial charge in [-0.05, 0) is 58.9 Å². The molecule has 1 amide bonds. The van der Waals surface area contributed by atoms with Crippen LogP contribution in [0.4, 0.5) is 10.5 Å². The molecule has 1 aromatic heterocycles. The molecule has 0 radical (unpaired) electrons. The van der Waals surface area contributed by atoms with Gasteiger partial charge in [0.2, 0.25) is 0 Å². The summed E-state index contributed by atoms with van der Waals surface area (Å²) < 4.78 is 10.8. The largest absolute Gasteiger partial charge is 0.476 e. The Labute approximate surface area is 170 Å². The van der Waals surface area contributed by atoms with Crippen molar-refractivity contribution in [3.8, 4) is 11.3 Å². The zero-order valence-electron chi connectivity index (χ0n) is 17.4. The third-order valence-electron chi connectivity index (χ3n) is 4.78. The van der Waals surface area contributed by atoms with Gasteiger partial charge in [0.15, 0.2) is 17.8 Å². The van der Waals surface area contributed by atoms with Gasteiger partial charge in [0, 0.05) is 30.9 Å². The molecule has 156 valence electrons. The minimum absolute atomic E-state index is 0.107. The number of nitrogens with zero attached hydrogens (tertiary/aromatic N) is 3. The van der Waals surface area contributed by atoms with Crippen molar-refractivity contribution < 1.29 is 23.8 Å². The number of carbonyl (C=O) groups is 2. The molecule has 1 fully saturated rings. The van der Waals surface area contributed by atoms with Gasteiger partial charge in [-0.3, -0.25) is 4.90 Å². The average Bonchev–Trinajstić information content (AvgIpc) is 3.09. The van der Waals surface area contributed by atoms with Crippen LogP contribution in [0.1, 0.15) is 45.1 Å². The zero-order chi connectivity index (χ0) is 21.4. The Kier molecular flexibility index (Phi) is 5.30. The topological polar surface area (TPSA) is 96.1 Å². The lowest BCUT2D eigenvalue weighted by molar-refractivity contribution is 0.000359. The van der Waals surface area contributed by atoms with E-state index >= 15 is 0 Å². The normalized spacial score (nSPS) is 16.6. The second kappa shape index (κ2) is 7.42. The number of aromatic carboxylic acids is 1. The molecule has 0 saturated carbocycles. The quantitative estimate of drug-likeness (QED) is 0.834. The predicted octanol–water partition coefficient (Wildman–Crippen LogP) is 3.88. The number of carbonyl (C=O) groups excluding carboxylic acids is 1. The summed E-state index contributed by atoms with van der Waals surface area (Å²) in [7, 11) is 0. The van der Waals surface area contributed by atoms with Crippen LogP contribution >= 0.6 is 0 Å². The molecule has 1 aromatic carbocycles. The van der Waals surface area contributed by atoms with Gasteiger partial charge in [0.05, 0.1) is 5.54 Å². The summed E-state index contributed by atoms with van der Waals surface area (Å²) in [6, 6.07) is 7.47. The van der Waals surface area contributed by atoms with Crippen LogP contribution in [-0.2, 0) is 4.74 Å². The predicted molar refractivity (Wildman–Crippen MR) is 108 cm³/mol. The van der Waals surface area contributed by atoms with Gasteiger partial charge in [0.25, 0.3) is 0 Å². The van der Waals surface area contributed by atoms with E-state index in [-0.39, 0.29) is 17.5 Å². The number of aromatic nitrogens is 1. The Morgan fingerprint density at radius 1 is 1.17 bits per heavy atom. The molecule has 0 bridgehead atoms. The third kappa shape index (κ3) is 4.52. The number of oxazole rings is 1. The Morgan fingerprint density at radius 2 is 1.83 bits per heavy atom. The van der Waals surface area contributed by atoms with Crippen molar-refractivity contribution in [2.75, 3.05) is 24.5 Å². The highest BCUT2D eigenvalue weighted by molar-refractivity contribution is 5.92. The summed E-state index contributed by atoms with van der Waals surface area (Å²) in [5, 5.41) is 9.20. The number of piperazine rings is 1. The fraction of sp³-hybridized carbons (Fsp3) is 0.476. The first-order valence-corrected chi connectivity index (χ1v) is 9.51. The monoisotopic (exact) mass is 401 g/mol. The number of rotatable bonds is 3. The van der Waals surface area contributed by atoms with Crippen molar-refractivity contribution in [3.05, 3.63) is 36.4 Å². The van der Waals surface area contributed by atoms with Gasteiger partial charge in [-0.15, -0.1) is 0 Å². The van der Waals surface area contributed by atoms with Crippen LogP contribution in [0.2, 0.25) is 0 Å². The van der Waals surface area contributed by atoms with Gasteiger partial charge in [-0.1, -0.05) is 0 Å². The summed E-state index contributed by atoms with van der Waals surface area (Å²) in [5.74, 6) is -0.892. The van der Waals surface area contributed by atoms with E-state index in [4.69, 9.17) is 9.15 Å². The van der Waals surface area contributed by atoms with Crippen LogP contribution in [-0.4, -0.2) is 57.8 Å². The SMILES string of the molecule is CC(C)(C)OC(=O)N1CCN(c2ccc(-c3ocnc3C(=O)O)cc2)CC1(C)C. The first-order chi connectivity index (χ1) is 13.5. The molecule has 0 spiro atoms. The minimum atomic E-state index is -1.13. The van der Waals surface area contributed by atoms with Crippen LogP contribution in [0.5, 0.6) is 0 Å².